The summed E-state index contributed by atoms with van der Waals surface area (Å²) in [4.78, 5) is 0. The molecule has 3 rings (SSSR count). The molecule has 2 aromatic carbocycles. The summed E-state index contributed by atoms with van der Waals surface area (Å²) < 4.78 is 11.7. The Bertz CT molecular complexity index is 753. The number of fused-ring (bicyclic) bond motifs is 1. The molecule has 0 aliphatic rings. The normalized spacial score (nSPS) is 10.7. The highest BCUT2D eigenvalue weighted by atomic mass is 35.5. The zero-order valence-electron chi connectivity index (χ0n) is 11.1. The van der Waals surface area contributed by atoms with Crippen LogP contribution in [-0.2, 0) is 0 Å². The maximum absolute atomic E-state index is 6.24. The Morgan fingerprint density at radius 1 is 1.05 bits per heavy atom. The van der Waals surface area contributed by atoms with E-state index in [0.29, 0.717) is 17.4 Å². The second kappa shape index (κ2) is 5.51. The van der Waals surface area contributed by atoms with Crippen LogP contribution in [0.15, 0.2) is 59.0 Å². The lowest BCUT2D eigenvalue weighted by molar-refractivity contribution is 0.342. The van der Waals surface area contributed by atoms with Crippen molar-refractivity contribution in [3.8, 4) is 17.1 Å². The van der Waals surface area contributed by atoms with Crippen molar-refractivity contribution in [2.75, 3.05) is 6.61 Å². The predicted octanol–water partition coefficient (Wildman–Crippen LogP) is 5.43. The lowest BCUT2D eigenvalue weighted by Crippen LogP contribution is -1.93. The number of para-hydroxylation sites is 1. The van der Waals surface area contributed by atoms with Gasteiger partial charge in [0.25, 0.3) is 0 Å². The quantitative estimate of drug-likeness (QED) is 0.598. The Labute approximate surface area is 122 Å². The Balaban J connectivity index is 2.25. The Hall–Kier alpha value is -2.06. The molecule has 0 bridgehead atoms. The van der Waals surface area contributed by atoms with Crippen molar-refractivity contribution in [3.05, 3.63) is 59.6 Å². The zero-order chi connectivity index (χ0) is 13.9. The SMILES string of the molecule is CCOc1cc(-c2ccccc2Cl)[o+]c2ccccc12. The third-order valence-electron chi connectivity index (χ3n) is 3.07. The van der Waals surface area contributed by atoms with Crippen molar-refractivity contribution < 1.29 is 9.15 Å². The standard InChI is InChI=1S/C17H14ClO2/c1-2-19-16-11-17(12-7-3-5-9-14(12)18)20-15-10-6-4-8-13(15)16/h3-11H,2H2,1H3/q+1. The number of hydrogen-bond donors (Lipinski definition) is 0. The molecule has 3 aromatic rings. The summed E-state index contributed by atoms with van der Waals surface area (Å²) >= 11 is 6.24. The molecule has 0 aliphatic heterocycles. The van der Waals surface area contributed by atoms with Crippen molar-refractivity contribution in [2.45, 2.75) is 6.92 Å². The van der Waals surface area contributed by atoms with Gasteiger partial charge in [-0.15, -0.1) is 0 Å². The van der Waals surface area contributed by atoms with Crippen LogP contribution in [0.25, 0.3) is 22.3 Å². The van der Waals surface area contributed by atoms with Gasteiger partial charge in [-0.1, -0.05) is 35.9 Å². The molecule has 1 aromatic heterocycles. The minimum atomic E-state index is 0.607. The number of benzene rings is 2. The third kappa shape index (κ3) is 2.35. The zero-order valence-corrected chi connectivity index (χ0v) is 11.9. The van der Waals surface area contributed by atoms with E-state index in [9.17, 15) is 0 Å². The van der Waals surface area contributed by atoms with Crippen LogP contribution in [0.5, 0.6) is 5.75 Å². The van der Waals surface area contributed by atoms with E-state index in [0.717, 1.165) is 22.3 Å². The fourth-order valence-electron chi connectivity index (χ4n) is 2.17. The molecular weight excluding hydrogens is 272 g/mol. The molecule has 0 saturated heterocycles. The van der Waals surface area contributed by atoms with Gasteiger partial charge < -0.3 is 4.74 Å². The summed E-state index contributed by atoms with van der Waals surface area (Å²) in [6.45, 7) is 2.57. The molecule has 0 amide bonds. The number of halogens is 1. The van der Waals surface area contributed by atoms with E-state index >= 15 is 0 Å². The van der Waals surface area contributed by atoms with E-state index in [1.807, 2.05) is 61.5 Å². The lowest BCUT2D eigenvalue weighted by Gasteiger charge is -2.04. The van der Waals surface area contributed by atoms with Gasteiger partial charge in [0.1, 0.15) is 11.1 Å². The van der Waals surface area contributed by atoms with Gasteiger partial charge >= 0.3 is 11.3 Å². The van der Waals surface area contributed by atoms with Crippen molar-refractivity contribution in [3.63, 3.8) is 0 Å². The molecule has 0 unspecified atom stereocenters. The average Bonchev–Trinajstić information content (AvgIpc) is 2.48. The summed E-state index contributed by atoms with van der Waals surface area (Å²) in [5.41, 5.74) is 1.65. The largest absolute Gasteiger partial charge is 0.493 e. The van der Waals surface area contributed by atoms with Crippen LogP contribution in [0.3, 0.4) is 0 Å². The van der Waals surface area contributed by atoms with E-state index < -0.39 is 0 Å². The molecule has 3 heteroatoms. The van der Waals surface area contributed by atoms with Gasteiger partial charge in [0, 0.05) is 6.07 Å². The van der Waals surface area contributed by atoms with Crippen LogP contribution in [0.1, 0.15) is 6.92 Å². The summed E-state index contributed by atoms with van der Waals surface area (Å²) in [6.07, 6.45) is 0. The molecular formula is C17H14ClO2+. The molecule has 2 nitrogen and oxygen atoms in total. The van der Waals surface area contributed by atoms with Gasteiger partial charge in [-0.25, -0.2) is 4.42 Å². The van der Waals surface area contributed by atoms with E-state index in [-0.39, 0.29) is 0 Å². The third-order valence-corrected chi connectivity index (χ3v) is 3.40. The Kier molecular flexibility index (Phi) is 3.57. The molecule has 100 valence electrons. The monoisotopic (exact) mass is 285 g/mol. The molecule has 0 aliphatic carbocycles. The van der Waals surface area contributed by atoms with Gasteiger partial charge in [-0.3, -0.25) is 0 Å². The smallest absolute Gasteiger partial charge is 0.366 e. The number of hydrogen-bond acceptors (Lipinski definition) is 1. The second-order valence-electron chi connectivity index (χ2n) is 4.38. The first kappa shape index (κ1) is 12.9. The first-order valence-corrected chi connectivity index (χ1v) is 6.91. The molecule has 20 heavy (non-hydrogen) atoms. The summed E-state index contributed by atoms with van der Waals surface area (Å²) in [7, 11) is 0. The molecule has 0 atom stereocenters. The summed E-state index contributed by atoms with van der Waals surface area (Å²) in [5.74, 6) is 1.52. The fraction of sp³-hybridized carbons (Fsp3) is 0.118. The molecule has 0 spiro atoms. The summed E-state index contributed by atoms with van der Waals surface area (Å²) in [6, 6.07) is 17.3. The van der Waals surface area contributed by atoms with Gasteiger partial charge in [0.2, 0.25) is 0 Å². The van der Waals surface area contributed by atoms with Crippen LogP contribution in [0, 0.1) is 0 Å². The van der Waals surface area contributed by atoms with Crippen molar-refractivity contribution in [1.82, 2.24) is 0 Å². The Morgan fingerprint density at radius 3 is 2.60 bits per heavy atom. The minimum Gasteiger partial charge on any atom is -0.493 e. The maximum atomic E-state index is 6.24. The maximum Gasteiger partial charge on any atom is 0.366 e. The van der Waals surface area contributed by atoms with Crippen LogP contribution in [-0.4, -0.2) is 6.61 Å². The highest BCUT2D eigenvalue weighted by Gasteiger charge is 2.21. The van der Waals surface area contributed by atoms with Crippen LogP contribution < -0.4 is 4.74 Å². The number of ether oxygens (including phenoxy) is 1. The second-order valence-corrected chi connectivity index (χ2v) is 4.79. The van der Waals surface area contributed by atoms with Crippen molar-refractivity contribution >= 4 is 22.6 Å². The number of rotatable bonds is 3. The molecule has 0 saturated carbocycles. The molecule has 1 heterocycles. The van der Waals surface area contributed by atoms with Gasteiger partial charge in [0.05, 0.1) is 23.3 Å². The van der Waals surface area contributed by atoms with Crippen molar-refractivity contribution in [1.29, 1.82) is 0 Å². The molecule has 0 N–H and O–H groups in total. The van der Waals surface area contributed by atoms with Crippen LogP contribution >= 0.6 is 11.6 Å². The van der Waals surface area contributed by atoms with Crippen LogP contribution in [0.2, 0.25) is 5.02 Å². The van der Waals surface area contributed by atoms with E-state index in [4.69, 9.17) is 20.8 Å². The van der Waals surface area contributed by atoms with Crippen LogP contribution in [0.4, 0.5) is 0 Å². The van der Waals surface area contributed by atoms with Gasteiger partial charge in [-0.05, 0) is 25.1 Å². The lowest BCUT2D eigenvalue weighted by atomic mass is 10.1. The van der Waals surface area contributed by atoms with Gasteiger partial charge in [0.15, 0.2) is 0 Å². The first-order chi connectivity index (χ1) is 9.79. The van der Waals surface area contributed by atoms with E-state index in [1.165, 1.54) is 0 Å². The van der Waals surface area contributed by atoms with Crippen molar-refractivity contribution in [2.24, 2.45) is 0 Å². The average molecular weight is 286 g/mol. The van der Waals surface area contributed by atoms with Gasteiger partial charge in [-0.2, -0.15) is 0 Å². The van der Waals surface area contributed by atoms with E-state index in [1.54, 1.807) is 0 Å². The predicted molar refractivity (Wildman–Crippen MR) is 82.2 cm³/mol. The van der Waals surface area contributed by atoms with E-state index in [2.05, 4.69) is 0 Å². The Morgan fingerprint density at radius 2 is 1.80 bits per heavy atom. The highest BCUT2D eigenvalue weighted by Crippen LogP contribution is 2.35. The first-order valence-electron chi connectivity index (χ1n) is 6.53. The topological polar surface area (TPSA) is 20.5 Å². The highest BCUT2D eigenvalue weighted by molar-refractivity contribution is 6.33. The minimum absolute atomic E-state index is 0.607. The summed E-state index contributed by atoms with van der Waals surface area (Å²) in [5, 5.41) is 1.62. The molecule has 0 fully saturated rings. The fourth-order valence-corrected chi connectivity index (χ4v) is 2.40. The molecule has 0 radical (unpaired) electrons.